The first-order valence-electron chi connectivity index (χ1n) is 6.67. The number of fused-ring (bicyclic) bond motifs is 1. The molecule has 1 aliphatic rings. The Labute approximate surface area is 121 Å². The number of amides is 1. The van der Waals surface area contributed by atoms with Crippen molar-refractivity contribution in [2.75, 3.05) is 5.32 Å². The van der Waals surface area contributed by atoms with Gasteiger partial charge < -0.3 is 5.32 Å². The summed E-state index contributed by atoms with van der Waals surface area (Å²) in [6, 6.07) is 9.54. The maximum absolute atomic E-state index is 13.8. The first kappa shape index (κ1) is 13.7. The van der Waals surface area contributed by atoms with Crippen LogP contribution in [0.2, 0.25) is 0 Å². The number of carbonyl (C=O) groups is 1. The van der Waals surface area contributed by atoms with Crippen LogP contribution in [0, 0.1) is 11.6 Å². The Balaban J connectivity index is 1.87. The number of benzene rings is 2. The highest BCUT2D eigenvalue weighted by molar-refractivity contribution is 6.02. The van der Waals surface area contributed by atoms with Crippen LogP contribution in [0.25, 0.3) is 0 Å². The quantitative estimate of drug-likeness (QED) is 0.909. The van der Waals surface area contributed by atoms with Crippen molar-refractivity contribution in [3.63, 3.8) is 0 Å². The lowest BCUT2D eigenvalue weighted by atomic mass is 10.0. The second-order valence-electron chi connectivity index (χ2n) is 5.06. The van der Waals surface area contributed by atoms with Crippen LogP contribution in [-0.4, -0.2) is 5.91 Å². The monoisotopic (exact) mass is 288 g/mol. The SMILES string of the molecule is CC(NC1C(=O)Nc2ccccc21)c1cc(F)ccc1F. The molecule has 0 aliphatic carbocycles. The summed E-state index contributed by atoms with van der Waals surface area (Å²) in [5, 5.41) is 5.81. The van der Waals surface area contributed by atoms with Crippen molar-refractivity contribution in [1.82, 2.24) is 5.32 Å². The Morgan fingerprint density at radius 3 is 2.76 bits per heavy atom. The standard InChI is InChI=1S/C16H14F2N2O/c1-9(12-8-10(17)6-7-13(12)18)19-15-11-4-2-3-5-14(11)20-16(15)21/h2-9,15,19H,1H3,(H,20,21). The number of carbonyl (C=O) groups excluding carboxylic acids is 1. The van der Waals surface area contributed by atoms with E-state index >= 15 is 0 Å². The molecule has 0 radical (unpaired) electrons. The number of anilines is 1. The van der Waals surface area contributed by atoms with Crippen molar-refractivity contribution in [2.45, 2.75) is 19.0 Å². The van der Waals surface area contributed by atoms with Crippen LogP contribution in [0.3, 0.4) is 0 Å². The predicted molar refractivity (Wildman–Crippen MR) is 75.7 cm³/mol. The molecule has 2 unspecified atom stereocenters. The highest BCUT2D eigenvalue weighted by Gasteiger charge is 2.31. The molecule has 2 aromatic rings. The second-order valence-corrected chi connectivity index (χ2v) is 5.06. The normalized spacial score (nSPS) is 18.2. The van der Waals surface area contributed by atoms with Gasteiger partial charge >= 0.3 is 0 Å². The molecule has 21 heavy (non-hydrogen) atoms. The number of hydrogen-bond acceptors (Lipinski definition) is 2. The summed E-state index contributed by atoms with van der Waals surface area (Å²) in [7, 11) is 0. The molecular weight excluding hydrogens is 274 g/mol. The summed E-state index contributed by atoms with van der Waals surface area (Å²) in [6.45, 7) is 1.70. The number of hydrogen-bond donors (Lipinski definition) is 2. The number of halogens is 2. The molecule has 0 fully saturated rings. The molecule has 0 spiro atoms. The van der Waals surface area contributed by atoms with E-state index in [9.17, 15) is 13.6 Å². The van der Waals surface area contributed by atoms with E-state index in [0.717, 1.165) is 29.4 Å². The van der Waals surface area contributed by atoms with Crippen LogP contribution >= 0.6 is 0 Å². The van der Waals surface area contributed by atoms with Crippen LogP contribution < -0.4 is 10.6 Å². The van der Waals surface area contributed by atoms with Crippen LogP contribution in [-0.2, 0) is 4.79 Å². The Morgan fingerprint density at radius 1 is 1.19 bits per heavy atom. The summed E-state index contributed by atoms with van der Waals surface area (Å²) in [4.78, 5) is 12.0. The summed E-state index contributed by atoms with van der Waals surface area (Å²) < 4.78 is 27.0. The minimum absolute atomic E-state index is 0.195. The number of nitrogens with one attached hydrogen (secondary N) is 2. The van der Waals surface area contributed by atoms with E-state index in [1.54, 1.807) is 6.92 Å². The van der Waals surface area contributed by atoms with Crippen LogP contribution in [0.5, 0.6) is 0 Å². The van der Waals surface area contributed by atoms with Gasteiger partial charge in [0.15, 0.2) is 0 Å². The molecule has 5 heteroatoms. The fourth-order valence-electron chi connectivity index (χ4n) is 2.56. The second kappa shape index (κ2) is 5.26. The lowest BCUT2D eigenvalue weighted by Crippen LogP contribution is -2.30. The van der Waals surface area contributed by atoms with E-state index in [1.165, 1.54) is 0 Å². The highest BCUT2D eigenvalue weighted by atomic mass is 19.1. The van der Waals surface area contributed by atoms with Gasteiger partial charge in [-0.2, -0.15) is 0 Å². The van der Waals surface area contributed by atoms with Gasteiger partial charge in [0.25, 0.3) is 0 Å². The van der Waals surface area contributed by atoms with E-state index < -0.39 is 23.7 Å². The number of para-hydroxylation sites is 1. The molecule has 1 amide bonds. The van der Waals surface area contributed by atoms with Gasteiger partial charge in [-0.05, 0) is 31.2 Å². The molecule has 1 heterocycles. The molecule has 0 saturated carbocycles. The van der Waals surface area contributed by atoms with E-state index in [0.29, 0.717) is 0 Å². The third-order valence-corrected chi connectivity index (χ3v) is 3.63. The molecule has 108 valence electrons. The first-order chi connectivity index (χ1) is 10.1. The van der Waals surface area contributed by atoms with Gasteiger partial charge in [-0.25, -0.2) is 8.78 Å². The molecule has 3 nitrogen and oxygen atoms in total. The van der Waals surface area contributed by atoms with E-state index in [2.05, 4.69) is 10.6 Å². The Hall–Kier alpha value is -2.27. The van der Waals surface area contributed by atoms with E-state index in [1.807, 2.05) is 24.3 Å². The molecule has 1 aliphatic heterocycles. The molecule has 2 N–H and O–H groups in total. The minimum Gasteiger partial charge on any atom is -0.324 e. The van der Waals surface area contributed by atoms with Crippen molar-refractivity contribution >= 4 is 11.6 Å². The van der Waals surface area contributed by atoms with Crippen molar-refractivity contribution in [3.8, 4) is 0 Å². The van der Waals surface area contributed by atoms with Gasteiger partial charge in [0, 0.05) is 22.9 Å². The molecule has 0 bridgehead atoms. The summed E-state index contributed by atoms with van der Waals surface area (Å²) in [6.07, 6.45) is 0. The van der Waals surface area contributed by atoms with Gasteiger partial charge in [0.2, 0.25) is 5.91 Å². The Morgan fingerprint density at radius 2 is 1.95 bits per heavy atom. The Bertz CT molecular complexity index is 702. The first-order valence-corrected chi connectivity index (χ1v) is 6.67. The number of rotatable bonds is 3. The van der Waals surface area contributed by atoms with Crippen molar-refractivity contribution in [2.24, 2.45) is 0 Å². The summed E-state index contributed by atoms with van der Waals surface area (Å²) >= 11 is 0. The zero-order chi connectivity index (χ0) is 15.0. The molecular formula is C16H14F2N2O. The molecule has 2 aromatic carbocycles. The third-order valence-electron chi connectivity index (χ3n) is 3.63. The zero-order valence-electron chi connectivity index (χ0n) is 11.4. The van der Waals surface area contributed by atoms with Crippen molar-refractivity contribution < 1.29 is 13.6 Å². The van der Waals surface area contributed by atoms with Crippen LogP contribution in [0.1, 0.15) is 30.1 Å². The lowest BCUT2D eigenvalue weighted by Gasteiger charge is -2.19. The maximum atomic E-state index is 13.8. The maximum Gasteiger partial charge on any atom is 0.246 e. The van der Waals surface area contributed by atoms with Crippen LogP contribution in [0.4, 0.5) is 14.5 Å². The van der Waals surface area contributed by atoms with Crippen molar-refractivity contribution in [3.05, 3.63) is 65.2 Å². The third kappa shape index (κ3) is 2.52. The Kier molecular flexibility index (Phi) is 3.43. The average molecular weight is 288 g/mol. The molecule has 0 aromatic heterocycles. The van der Waals surface area contributed by atoms with Crippen LogP contribution in [0.15, 0.2) is 42.5 Å². The van der Waals surface area contributed by atoms with E-state index in [4.69, 9.17) is 0 Å². The van der Waals surface area contributed by atoms with Gasteiger partial charge in [-0.3, -0.25) is 10.1 Å². The molecule has 3 rings (SSSR count). The average Bonchev–Trinajstić information content (AvgIpc) is 2.78. The fourth-order valence-corrected chi connectivity index (χ4v) is 2.56. The minimum atomic E-state index is -0.570. The van der Waals surface area contributed by atoms with Gasteiger partial charge in [0.05, 0.1) is 0 Å². The molecule has 0 saturated heterocycles. The van der Waals surface area contributed by atoms with Crippen molar-refractivity contribution in [1.29, 1.82) is 0 Å². The fraction of sp³-hybridized carbons (Fsp3) is 0.188. The van der Waals surface area contributed by atoms with Gasteiger partial charge in [0.1, 0.15) is 17.7 Å². The topological polar surface area (TPSA) is 41.1 Å². The van der Waals surface area contributed by atoms with Gasteiger partial charge in [-0.1, -0.05) is 18.2 Å². The lowest BCUT2D eigenvalue weighted by molar-refractivity contribution is -0.117. The largest absolute Gasteiger partial charge is 0.324 e. The van der Waals surface area contributed by atoms with E-state index in [-0.39, 0.29) is 11.5 Å². The van der Waals surface area contributed by atoms with Gasteiger partial charge in [-0.15, -0.1) is 0 Å². The summed E-state index contributed by atoms with van der Waals surface area (Å²) in [5.74, 6) is -1.20. The smallest absolute Gasteiger partial charge is 0.246 e. The zero-order valence-corrected chi connectivity index (χ0v) is 11.4. The molecule has 2 atom stereocenters. The highest BCUT2D eigenvalue weighted by Crippen LogP contribution is 2.32. The predicted octanol–water partition coefficient (Wildman–Crippen LogP) is 3.31. The summed E-state index contributed by atoms with van der Waals surface area (Å²) in [5.41, 5.74) is 1.75.